The van der Waals surface area contributed by atoms with E-state index < -0.39 is 0 Å². The minimum atomic E-state index is -0.136. The third-order valence-electron chi connectivity index (χ3n) is 4.25. The smallest absolute Gasteiger partial charge is 0.251 e. The Morgan fingerprint density at radius 2 is 2.24 bits per heavy atom. The lowest BCUT2D eigenvalue weighted by molar-refractivity contribution is 0.0945. The molecule has 3 N–H and O–H groups in total. The SMILES string of the molecule is CCC1CCCC(Nc2cccc(C(=O)NCCO)c2)C1. The fourth-order valence-electron chi connectivity index (χ4n) is 3.05. The molecule has 1 amide bonds. The normalized spacial score (nSPS) is 21.8. The first-order chi connectivity index (χ1) is 10.2. The van der Waals surface area contributed by atoms with Crippen LogP contribution < -0.4 is 10.6 Å². The molecule has 0 spiro atoms. The van der Waals surface area contributed by atoms with E-state index in [4.69, 9.17) is 5.11 Å². The monoisotopic (exact) mass is 290 g/mol. The van der Waals surface area contributed by atoms with Crippen LogP contribution in [0.3, 0.4) is 0 Å². The second-order valence-corrected chi connectivity index (χ2v) is 5.84. The molecule has 4 heteroatoms. The number of aliphatic hydroxyl groups is 1. The van der Waals surface area contributed by atoms with Crippen molar-refractivity contribution in [3.8, 4) is 0 Å². The van der Waals surface area contributed by atoms with Crippen LogP contribution in [-0.2, 0) is 0 Å². The number of hydrogen-bond acceptors (Lipinski definition) is 3. The predicted molar refractivity (Wildman–Crippen MR) is 85.5 cm³/mol. The van der Waals surface area contributed by atoms with Gasteiger partial charge in [-0.25, -0.2) is 0 Å². The van der Waals surface area contributed by atoms with Crippen molar-refractivity contribution in [2.24, 2.45) is 5.92 Å². The molecular formula is C17H26N2O2. The highest BCUT2D eigenvalue weighted by Gasteiger charge is 2.20. The number of benzene rings is 1. The lowest BCUT2D eigenvalue weighted by atomic mass is 9.84. The molecule has 1 aliphatic rings. The second-order valence-electron chi connectivity index (χ2n) is 5.84. The van der Waals surface area contributed by atoms with Crippen LogP contribution in [0.25, 0.3) is 0 Å². The molecule has 0 radical (unpaired) electrons. The molecule has 0 heterocycles. The van der Waals surface area contributed by atoms with Gasteiger partial charge in [0.15, 0.2) is 0 Å². The molecule has 116 valence electrons. The third kappa shape index (κ3) is 4.74. The van der Waals surface area contributed by atoms with Gasteiger partial charge in [-0.2, -0.15) is 0 Å². The van der Waals surface area contributed by atoms with Gasteiger partial charge in [-0.15, -0.1) is 0 Å². The van der Waals surface area contributed by atoms with Crippen molar-refractivity contribution < 1.29 is 9.90 Å². The molecule has 1 aromatic carbocycles. The van der Waals surface area contributed by atoms with Crippen LogP contribution in [0.4, 0.5) is 5.69 Å². The first kappa shape index (κ1) is 15.8. The van der Waals surface area contributed by atoms with Crippen molar-refractivity contribution in [2.75, 3.05) is 18.5 Å². The van der Waals surface area contributed by atoms with E-state index in [0.29, 0.717) is 11.6 Å². The summed E-state index contributed by atoms with van der Waals surface area (Å²) in [7, 11) is 0. The molecule has 2 atom stereocenters. The zero-order chi connectivity index (χ0) is 15.1. The van der Waals surface area contributed by atoms with Gasteiger partial charge in [0.1, 0.15) is 0 Å². The van der Waals surface area contributed by atoms with Gasteiger partial charge in [-0.05, 0) is 37.0 Å². The first-order valence-electron chi connectivity index (χ1n) is 7.98. The van der Waals surface area contributed by atoms with E-state index in [1.54, 1.807) is 6.07 Å². The summed E-state index contributed by atoms with van der Waals surface area (Å²) in [4.78, 5) is 11.9. The fourth-order valence-corrected chi connectivity index (χ4v) is 3.05. The highest BCUT2D eigenvalue weighted by atomic mass is 16.3. The van der Waals surface area contributed by atoms with Crippen LogP contribution in [0.15, 0.2) is 24.3 Å². The Balaban J connectivity index is 1.95. The van der Waals surface area contributed by atoms with Crippen molar-refractivity contribution >= 4 is 11.6 Å². The first-order valence-corrected chi connectivity index (χ1v) is 7.98. The summed E-state index contributed by atoms with van der Waals surface area (Å²) in [5.74, 6) is 0.690. The maximum absolute atomic E-state index is 11.9. The summed E-state index contributed by atoms with van der Waals surface area (Å²) >= 11 is 0. The number of hydrogen-bond donors (Lipinski definition) is 3. The Hall–Kier alpha value is -1.55. The average Bonchev–Trinajstić information content (AvgIpc) is 2.53. The lowest BCUT2D eigenvalue weighted by Crippen LogP contribution is -2.28. The Morgan fingerprint density at radius 1 is 1.38 bits per heavy atom. The van der Waals surface area contributed by atoms with Crippen LogP contribution in [0.1, 0.15) is 49.4 Å². The zero-order valence-corrected chi connectivity index (χ0v) is 12.8. The molecule has 0 saturated heterocycles. The maximum atomic E-state index is 11.9. The zero-order valence-electron chi connectivity index (χ0n) is 12.8. The van der Waals surface area contributed by atoms with Crippen molar-refractivity contribution in [1.82, 2.24) is 5.32 Å². The van der Waals surface area contributed by atoms with Crippen molar-refractivity contribution in [1.29, 1.82) is 0 Å². The largest absolute Gasteiger partial charge is 0.395 e. The molecule has 0 aromatic heterocycles. The molecule has 0 aliphatic heterocycles. The van der Waals surface area contributed by atoms with Gasteiger partial charge in [0.05, 0.1) is 6.61 Å². The van der Waals surface area contributed by atoms with Crippen molar-refractivity contribution in [2.45, 2.75) is 45.1 Å². The van der Waals surface area contributed by atoms with Crippen LogP contribution in [0.5, 0.6) is 0 Å². The summed E-state index contributed by atoms with van der Waals surface area (Å²) < 4.78 is 0. The molecule has 1 aromatic rings. The molecular weight excluding hydrogens is 264 g/mol. The second kappa shape index (κ2) is 8.03. The van der Waals surface area contributed by atoms with Crippen LogP contribution in [-0.4, -0.2) is 30.2 Å². The highest BCUT2D eigenvalue weighted by molar-refractivity contribution is 5.95. The number of carbonyl (C=O) groups is 1. The van der Waals surface area contributed by atoms with Crippen molar-refractivity contribution in [3.05, 3.63) is 29.8 Å². The molecule has 2 unspecified atom stereocenters. The van der Waals surface area contributed by atoms with Crippen LogP contribution in [0.2, 0.25) is 0 Å². The molecule has 21 heavy (non-hydrogen) atoms. The van der Waals surface area contributed by atoms with Crippen molar-refractivity contribution in [3.63, 3.8) is 0 Å². The molecule has 4 nitrogen and oxygen atoms in total. The number of aliphatic hydroxyl groups excluding tert-OH is 1. The van der Waals surface area contributed by atoms with Gasteiger partial charge in [-0.3, -0.25) is 4.79 Å². The van der Waals surface area contributed by atoms with E-state index in [1.807, 2.05) is 18.2 Å². The standard InChI is InChI=1S/C17H26N2O2/c1-2-13-5-3-7-15(11-13)19-16-8-4-6-14(12-16)17(21)18-9-10-20/h4,6,8,12-13,15,19-20H,2-3,5,7,9-11H2,1H3,(H,18,21). The third-order valence-corrected chi connectivity index (χ3v) is 4.25. The molecule has 1 aliphatic carbocycles. The van der Waals surface area contributed by atoms with Gasteiger partial charge in [0.25, 0.3) is 5.91 Å². The number of rotatable bonds is 6. The quantitative estimate of drug-likeness (QED) is 0.755. The highest BCUT2D eigenvalue weighted by Crippen LogP contribution is 2.28. The molecule has 0 bridgehead atoms. The summed E-state index contributed by atoms with van der Waals surface area (Å²) in [6, 6.07) is 8.12. The van der Waals surface area contributed by atoms with Gasteiger partial charge in [0.2, 0.25) is 0 Å². The summed E-state index contributed by atoms with van der Waals surface area (Å²) in [5.41, 5.74) is 1.64. The van der Waals surface area contributed by atoms with Gasteiger partial charge in [-0.1, -0.05) is 32.3 Å². The van der Waals surface area contributed by atoms with Crippen LogP contribution in [0, 0.1) is 5.92 Å². The number of carbonyl (C=O) groups excluding carboxylic acids is 1. The molecule has 1 fully saturated rings. The maximum Gasteiger partial charge on any atom is 0.251 e. The number of amides is 1. The van der Waals surface area contributed by atoms with E-state index in [9.17, 15) is 4.79 Å². The van der Waals surface area contributed by atoms with E-state index in [2.05, 4.69) is 17.6 Å². The van der Waals surface area contributed by atoms with Gasteiger partial charge >= 0.3 is 0 Å². The number of nitrogens with one attached hydrogen (secondary N) is 2. The Labute approximate surface area is 126 Å². The van der Waals surface area contributed by atoms with Gasteiger partial charge < -0.3 is 15.7 Å². The van der Waals surface area contributed by atoms with E-state index in [1.165, 1.54) is 32.1 Å². The Bertz CT molecular complexity index is 462. The van der Waals surface area contributed by atoms with E-state index >= 15 is 0 Å². The van der Waals surface area contributed by atoms with E-state index in [-0.39, 0.29) is 19.1 Å². The Kier molecular flexibility index (Phi) is 6.05. The lowest BCUT2D eigenvalue weighted by Gasteiger charge is -2.30. The fraction of sp³-hybridized carbons (Fsp3) is 0.588. The van der Waals surface area contributed by atoms with Gasteiger partial charge in [0, 0.05) is 23.8 Å². The van der Waals surface area contributed by atoms with E-state index in [0.717, 1.165) is 11.6 Å². The topological polar surface area (TPSA) is 61.4 Å². The molecule has 2 rings (SSSR count). The number of anilines is 1. The average molecular weight is 290 g/mol. The Morgan fingerprint density at radius 3 is 3.00 bits per heavy atom. The molecule has 1 saturated carbocycles. The minimum Gasteiger partial charge on any atom is -0.395 e. The summed E-state index contributed by atoms with van der Waals surface area (Å²) in [5, 5.41) is 15.0. The summed E-state index contributed by atoms with van der Waals surface area (Å²) in [6.07, 6.45) is 6.31. The summed E-state index contributed by atoms with van der Waals surface area (Å²) in [6.45, 7) is 2.51. The predicted octanol–water partition coefficient (Wildman–Crippen LogP) is 2.79. The van der Waals surface area contributed by atoms with Crippen LogP contribution >= 0.6 is 0 Å². The minimum absolute atomic E-state index is 0.0375.